The average Bonchev–Trinajstić information content (AvgIpc) is 2.97. The molecular weight excluding hydrogens is 252 g/mol. The van der Waals surface area contributed by atoms with Gasteiger partial charge in [-0.15, -0.1) is 11.3 Å². The van der Waals surface area contributed by atoms with Gasteiger partial charge in [0.25, 0.3) is 0 Å². The van der Waals surface area contributed by atoms with E-state index < -0.39 is 5.97 Å². The molecule has 0 saturated carbocycles. The van der Waals surface area contributed by atoms with E-state index >= 15 is 0 Å². The second-order valence-electron chi connectivity index (χ2n) is 4.22. The van der Waals surface area contributed by atoms with Crippen molar-refractivity contribution in [2.75, 3.05) is 19.8 Å². The predicted molar refractivity (Wildman–Crippen MR) is 69.6 cm³/mol. The Balaban J connectivity index is 1.74. The normalized spacial score (nSPS) is 19.7. The molecule has 1 N–H and O–H groups in total. The van der Waals surface area contributed by atoms with E-state index in [0.717, 1.165) is 42.1 Å². The third kappa shape index (κ3) is 4.25. The number of carbonyl (C=O) groups is 1. The Morgan fingerprint density at radius 1 is 1.61 bits per heavy atom. The van der Waals surface area contributed by atoms with Crippen molar-refractivity contribution < 1.29 is 19.4 Å². The molecule has 1 aromatic rings. The van der Waals surface area contributed by atoms with E-state index in [4.69, 9.17) is 14.6 Å². The Morgan fingerprint density at radius 3 is 3.22 bits per heavy atom. The van der Waals surface area contributed by atoms with Gasteiger partial charge in [-0.1, -0.05) is 0 Å². The zero-order chi connectivity index (χ0) is 12.8. The predicted octanol–water partition coefficient (Wildman–Crippen LogP) is 2.40. The summed E-state index contributed by atoms with van der Waals surface area (Å²) in [5, 5.41) is 8.53. The fourth-order valence-corrected chi connectivity index (χ4v) is 2.61. The van der Waals surface area contributed by atoms with E-state index in [1.54, 1.807) is 17.4 Å². The summed E-state index contributed by atoms with van der Waals surface area (Å²) >= 11 is 1.55. The molecule has 0 aromatic carbocycles. The molecule has 98 valence electrons. The highest BCUT2D eigenvalue weighted by Crippen LogP contribution is 2.20. The van der Waals surface area contributed by atoms with Gasteiger partial charge in [0.15, 0.2) is 0 Å². The first-order valence-corrected chi connectivity index (χ1v) is 6.71. The van der Waals surface area contributed by atoms with Crippen LogP contribution in [0.5, 0.6) is 0 Å². The third-order valence-corrected chi connectivity index (χ3v) is 3.72. The fraction of sp³-hybridized carbons (Fsp3) is 0.462. The number of aliphatic carboxylic acids is 1. The number of carboxylic acid groups (broad SMARTS) is 1. The van der Waals surface area contributed by atoms with Gasteiger partial charge in [0, 0.05) is 28.4 Å². The summed E-state index contributed by atoms with van der Waals surface area (Å²) < 4.78 is 10.9. The summed E-state index contributed by atoms with van der Waals surface area (Å²) in [6.07, 6.45) is 3.82. The molecule has 18 heavy (non-hydrogen) atoms. The zero-order valence-electron chi connectivity index (χ0n) is 10.0. The third-order valence-electron chi connectivity index (χ3n) is 2.69. The summed E-state index contributed by atoms with van der Waals surface area (Å²) in [4.78, 5) is 12.4. The first-order chi connectivity index (χ1) is 8.74. The van der Waals surface area contributed by atoms with Crippen LogP contribution in [0.2, 0.25) is 0 Å². The number of ether oxygens (including phenoxy) is 2. The summed E-state index contributed by atoms with van der Waals surface area (Å²) in [5.41, 5.74) is 0. The molecule has 0 spiro atoms. The second-order valence-corrected chi connectivity index (χ2v) is 5.42. The molecule has 1 unspecified atom stereocenters. The van der Waals surface area contributed by atoms with Crippen molar-refractivity contribution in [2.24, 2.45) is 5.92 Å². The maximum Gasteiger partial charge on any atom is 0.328 e. The molecule has 1 atom stereocenters. The Kier molecular flexibility index (Phi) is 4.92. The van der Waals surface area contributed by atoms with Crippen LogP contribution in [-0.2, 0) is 20.9 Å². The van der Waals surface area contributed by atoms with E-state index in [9.17, 15) is 4.79 Å². The lowest BCUT2D eigenvalue weighted by Gasteiger charge is -2.07. The Morgan fingerprint density at radius 2 is 2.50 bits per heavy atom. The highest BCUT2D eigenvalue weighted by molar-refractivity contribution is 7.12. The molecule has 0 amide bonds. The van der Waals surface area contributed by atoms with Gasteiger partial charge in [-0.25, -0.2) is 4.79 Å². The van der Waals surface area contributed by atoms with Crippen LogP contribution in [0.25, 0.3) is 6.08 Å². The highest BCUT2D eigenvalue weighted by Gasteiger charge is 2.15. The first-order valence-electron chi connectivity index (χ1n) is 5.89. The van der Waals surface area contributed by atoms with Gasteiger partial charge in [-0.3, -0.25) is 0 Å². The van der Waals surface area contributed by atoms with Crippen LogP contribution < -0.4 is 0 Å². The molecule has 5 heteroatoms. The molecule has 1 aliphatic heterocycles. The Bertz CT molecular complexity index is 418. The zero-order valence-corrected chi connectivity index (χ0v) is 10.8. The van der Waals surface area contributed by atoms with Gasteiger partial charge in [0.05, 0.1) is 19.8 Å². The summed E-state index contributed by atoms with van der Waals surface area (Å²) in [6.45, 7) is 2.97. The molecule has 1 saturated heterocycles. The Labute approximate surface area is 110 Å². The quantitative estimate of drug-likeness (QED) is 0.805. The van der Waals surface area contributed by atoms with Crippen LogP contribution in [0.4, 0.5) is 0 Å². The molecule has 0 radical (unpaired) electrons. The van der Waals surface area contributed by atoms with Crippen molar-refractivity contribution in [1.82, 2.24) is 0 Å². The van der Waals surface area contributed by atoms with Crippen LogP contribution in [0.3, 0.4) is 0 Å². The minimum absolute atomic E-state index is 0.524. The van der Waals surface area contributed by atoms with Crippen LogP contribution >= 0.6 is 11.3 Å². The van der Waals surface area contributed by atoms with E-state index in [0.29, 0.717) is 12.5 Å². The van der Waals surface area contributed by atoms with Gasteiger partial charge in [-0.05, 0) is 24.6 Å². The molecule has 1 fully saturated rings. The lowest BCUT2D eigenvalue weighted by Crippen LogP contribution is -2.08. The molecular formula is C13H16O4S. The van der Waals surface area contributed by atoms with Gasteiger partial charge in [0.2, 0.25) is 0 Å². The van der Waals surface area contributed by atoms with Gasteiger partial charge in [-0.2, -0.15) is 0 Å². The topological polar surface area (TPSA) is 55.8 Å². The van der Waals surface area contributed by atoms with Gasteiger partial charge < -0.3 is 14.6 Å². The maximum atomic E-state index is 10.4. The van der Waals surface area contributed by atoms with E-state index in [-0.39, 0.29) is 0 Å². The monoisotopic (exact) mass is 268 g/mol. The minimum atomic E-state index is -0.928. The number of hydrogen-bond acceptors (Lipinski definition) is 4. The molecule has 0 bridgehead atoms. The standard InChI is InChI=1S/C13H16O4S/c14-13(15)4-3-11-1-2-12(18-11)9-17-8-10-5-6-16-7-10/h1-4,10H,5-9H2,(H,14,15). The molecule has 0 aliphatic carbocycles. The number of thiophene rings is 1. The molecule has 2 rings (SSSR count). The fourth-order valence-electron chi connectivity index (χ4n) is 1.76. The van der Waals surface area contributed by atoms with Crippen molar-refractivity contribution in [3.05, 3.63) is 28.0 Å². The van der Waals surface area contributed by atoms with Gasteiger partial charge >= 0.3 is 5.97 Å². The van der Waals surface area contributed by atoms with Crippen molar-refractivity contribution in [3.8, 4) is 0 Å². The lowest BCUT2D eigenvalue weighted by atomic mass is 10.1. The van der Waals surface area contributed by atoms with Crippen molar-refractivity contribution in [2.45, 2.75) is 13.0 Å². The van der Waals surface area contributed by atoms with Crippen LogP contribution in [0.15, 0.2) is 18.2 Å². The number of carboxylic acids is 1. The van der Waals surface area contributed by atoms with Crippen molar-refractivity contribution in [1.29, 1.82) is 0 Å². The second kappa shape index (κ2) is 6.68. The van der Waals surface area contributed by atoms with E-state index in [2.05, 4.69) is 0 Å². The first kappa shape index (κ1) is 13.3. The summed E-state index contributed by atoms with van der Waals surface area (Å²) in [7, 11) is 0. The number of rotatable bonds is 6. The molecule has 4 nitrogen and oxygen atoms in total. The Hall–Kier alpha value is -1.17. The lowest BCUT2D eigenvalue weighted by molar-refractivity contribution is -0.131. The smallest absolute Gasteiger partial charge is 0.328 e. The maximum absolute atomic E-state index is 10.4. The summed E-state index contributed by atoms with van der Waals surface area (Å²) in [5.74, 6) is -0.404. The van der Waals surface area contributed by atoms with E-state index in [1.165, 1.54) is 0 Å². The number of hydrogen-bond donors (Lipinski definition) is 1. The molecule has 2 heterocycles. The molecule has 1 aliphatic rings. The largest absolute Gasteiger partial charge is 0.478 e. The van der Waals surface area contributed by atoms with Gasteiger partial charge in [0.1, 0.15) is 0 Å². The van der Waals surface area contributed by atoms with Crippen LogP contribution in [0.1, 0.15) is 16.2 Å². The van der Waals surface area contributed by atoms with Crippen LogP contribution in [0, 0.1) is 5.92 Å². The van der Waals surface area contributed by atoms with Crippen LogP contribution in [-0.4, -0.2) is 30.9 Å². The van der Waals surface area contributed by atoms with Crippen molar-refractivity contribution >= 4 is 23.4 Å². The minimum Gasteiger partial charge on any atom is -0.478 e. The van der Waals surface area contributed by atoms with E-state index in [1.807, 2.05) is 12.1 Å². The van der Waals surface area contributed by atoms with Crippen molar-refractivity contribution in [3.63, 3.8) is 0 Å². The summed E-state index contributed by atoms with van der Waals surface area (Å²) in [6, 6.07) is 3.87. The molecule has 1 aromatic heterocycles. The average molecular weight is 268 g/mol. The SMILES string of the molecule is O=C(O)C=Cc1ccc(COCC2CCOC2)s1. The highest BCUT2D eigenvalue weighted by atomic mass is 32.1.